The maximum Gasteiger partial charge on any atom is 0.191 e. The third kappa shape index (κ3) is 4.81. The third-order valence-corrected chi connectivity index (χ3v) is 4.91. The molecule has 0 saturated heterocycles. The fourth-order valence-corrected chi connectivity index (χ4v) is 3.48. The lowest BCUT2D eigenvalue weighted by atomic mass is 10.1. The van der Waals surface area contributed by atoms with Gasteiger partial charge in [0, 0.05) is 52.9 Å². The standard InChI is InChI=1S/C20H31N7O/c1-14-6-7-15(17(10-14)26(3)4)11-22-20(21-2)23-16-8-9-19-24-18(13-28-5)25-27(19)12-16/h6-7,10,16H,8-9,11-13H2,1-5H3,(H2,21,22,23). The molecule has 2 aromatic rings. The van der Waals surface area contributed by atoms with E-state index < -0.39 is 0 Å². The number of hydrogen-bond acceptors (Lipinski definition) is 5. The molecule has 0 amide bonds. The van der Waals surface area contributed by atoms with Crippen LogP contribution < -0.4 is 15.5 Å². The van der Waals surface area contributed by atoms with Crippen LogP contribution in [0.1, 0.15) is 29.2 Å². The Hall–Kier alpha value is -2.61. The van der Waals surface area contributed by atoms with Gasteiger partial charge >= 0.3 is 0 Å². The zero-order valence-corrected chi connectivity index (χ0v) is 17.5. The van der Waals surface area contributed by atoms with E-state index in [9.17, 15) is 0 Å². The van der Waals surface area contributed by atoms with E-state index in [1.165, 1.54) is 16.8 Å². The summed E-state index contributed by atoms with van der Waals surface area (Å²) < 4.78 is 7.11. The Balaban J connectivity index is 1.60. The first-order valence-electron chi connectivity index (χ1n) is 9.65. The van der Waals surface area contributed by atoms with Crippen LogP contribution >= 0.6 is 0 Å². The average molecular weight is 386 g/mol. The maximum absolute atomic E-state index is 5.14. The number of hydrogen-bond donors (Lipinski definition) is 2. The topological polar surface area (TPSA) is 79.6 Å². The van der Waals surface area contributed by atoms with E-state index >= 15 is 0 Å². The molecule has 0 fully saturated rings. The summed E-state index contributed by atoms with van der Waals surface area (Å²) in [5.41, 5.74) is 3.72. The van der Waals surface area contributed by atoms with Crippen LogP contribution in [-0.2, 0) is 30.9 Å². The summed E-state index contributed by atoms with van der Waals surface area (Å²) in [6.45, 7) is 4.06. The van der Waals surface area contributed by atoms with Crippen molar-refractivity contribution in [3.05, 3.63) is 41.0 Å². The summed E-state index contributed by atoms with van der Waals surface area (Å²) in [4.78, 5) is 11.1. The number of guanidine groups is 1. The second-order valence-electron chi connectivity index (χ2n) is 7.39. The quantitative estimate of drug-likeness (QED) is 0.579. The highest BCUT2D eigenvalue weighted by Crippen LogP contribution is 2.20. The number of anilines is 1. The lowest BCUT2D eigenvalue weighted by Gasteiger charge is -2.26. The molecule has 0 aliphatic carbocycles. The summed E-state index contributed by atoms with van der Waals surface area (Å²) in [7, 11) is 7.61. The zero-order valence-electron chi connectivity index (χ0n) is 17.5. The van der Waals surface area contributed by atoms with Crippen molar-refractivity contribution in [3.63, 3.8) is 0 Å². The zero-order chi connectivity index (χ0) is 20.1. The van der Waals surface area contributed by atoms with Gasteiger partial charge in [-0.25, -0.2) is 9.67 Å². The molecule has 0 spiro atoms. The Kier molecular flexibility index (Phi) is 6.51. The Labute approximate surface area is 167 Å². The van der Waals surface area contributed by atoms with Gasteiger partial charge in [0.1, 0.15) is 12.4 Å². The van der Waals surface area contributed by atoms with Gasteiger partial charge in [0.05, 0.1) is 6.54 Å². The van der Waals surface area contributed by atoms with Crippen molar-refractivity contribution in [2.75, 3.05) is 33.2 Å². The number of ether oxygens (including phenoxy) is 1. The van der Waals surface area contributed by atoms with E-state index in [1.54, 1.807) is 14.2 Å². The monoisotopic (exact) mass is 385 g/mol. The Bertz CT molecular complexity index is 828. The summed E-state index contributed by atoms with van der Waals surface area (Å²) in [6, 6.07) is 6.79. The largest absolute Gasteiger partial charge is 0.377 e. The van der Waals surface area contributed by atoms with Crippen LogP contribution in [-0.4, -0.2) is 55.0 Å². The highest BCUT2D eigenvalue weighted by atomic mass is 16.5. The lowest BCUT2D eigenvalue weighted by molar-refractivity contribution is 0.177. The minimum Gasteiger partial charge on any atom is -0.377 e. The average Bonchev–Trinajstić information content (AvgIpc) is 3.07. The summed E-state index contributed by atoms with van der Waals surface area (Å²) in [5.74, 6) is 2.58. The molecule has 0 saturated carbocycles. The number of aliphatic imine (C=N–C) groups is 1. The van der Waals surface area contributed by atoms with Gasteiger partial charge in [-0.15, -0.1) is 0 Å². The summed E-state index contributed by atoms with van der Waals surface area (Å²) in [6.07, 6.45) is 1.90. The highest BCUT2D eigenvalue weighted by molar-refractivity contribution is 5.80. The van der Waals surface area contributed by atoms with Crippen molar-refractivity contribution < 1.29 is 4.74 Å². The SMILES string of the molecule is CN=C(NCc1ccc(C)cc1N(C)C)NC1CCc2nc(COC)nn2C1. The van der Waals surface area contributed by atoms with Crippen molar-refractivity contribution in [2.24, 2.45) is 4.99 Å². The number of nitrogens with zero attached hydrogens (tertiary/aromatic N) is 5. The van der Waals surface area contributed by atoms with Crippen LogP contribution in [0.4, 0.5) is 5.69 Å². The first-order chi connectivity index (χ1) is 13.5. The van der Waals surface area contributed by atoms with Crippen LogP contribution in [0, 0.1) is 6.92 Å². The van der Waals surface area contributed by atoms with Gasteiger partial charge in [-0.3, -0.25) is 4.99 Å². The van der Waals surface area contributed by atoms with Crippen molar-refractivity contribution in [2.45, 2.75) is 45.5 Å². The highest BCUT2D eigenvalue weighted by Gasteiger charge is 2.22. The third-order valence-electron chi connectivity index (χ3n) is 4.91. The minimum atomic E-state index is 0.266. The number of aromatic nitrogens is 3. The molecule has 0 radical (unpaired) electrons. The second-order valence-corrected chi connectivity index (χ2v) is 7.39. The summed E-state index contributed by atoms with van der Waals surface area (Å²) >= 11 is 0. The number of rotatable bonds is 6. The smallest absolute Gasteiger partial charge is 0.191 e. The van der Waals surface area contributed by atoms with E-state index in [0.29, 0.717) is 13.2 Å². The fraction of sp³-hybridized carbons (Fsp3) is 0.550. The Morgan fingerprint density at radius 2 is 2.21 bits per heavy atom. The molecular formula is C20H31N7O. The van der Waals surface area contributed by atoms with Gasteiger partial charge in [0.25, 0.3) is 0 Å². The van der Waals surface area contributed by atoms with Crippen molar-refractivity contribution in [3.8, 4) is 0 Å². The van der Waals surface area contributed by atoms with Crippen LogP contribution in [0.5, 0.6) is 0 Å². The number of benzene rings is 1. The molecular weight excluding hydrogens is 354 g/mol. The molecule has 2 N–H and O–H groups in total. The van der Waals surface area contributed by atoms with Crippen molar-refractivity contribution in [1.29, 1.82) is 0 Å². The minimum absolute atomic E-state index is 0.266. The molecule has 1 aromatic heterocycles. The van der Waals surface area contributed by atoms with Crippen molar-refractivity contribution >= 4 is 11.6 Å². The van der Waals surface area contributed by atoms with Crippen LogP contribution in [0.2, 0.25) is 0 Å². The van der Waals surface area contributed by atoms with E-state index in [1.807, 2.05) is 4.68 Å². The molecule has 8 nitrogen and oxygen atoms in total. The normalized spacial score (nSPS) is 16.6. The second kappa shape index (κ2) is 9.05. The molecule has 8 heteroatoms. The Morgan fingerprint density at radius 1 is 1.39 bits per heavy atom. The first-order valence-corrected chi connectivity index (χ1v) is 9.65. The number of fused-ring (bicyclic) bond motifs is 1. The number of aryl methyl sites for hydroxylation is 2. The fourth-order valence-electron chi connectivity index (χ4n) is 3.48. The maximum atomic E-state index is 5.14. The molecule has 1 atom stereocenters. The van der Waals surface area contributed by atoms with Crippen LogP contribution in [0.3, 0.4) is 0 Å². The predicted octanol–water partition coefficient (Wildman–Crippen LogP) is 1.48. The van der Waals surface area contributed by atoms with E-state index in [-0.39, 0.29) is 6.04 Å². The van der Waals surface area contributed by atoms with E-state index in [0.717, 1.165) is 37.0 Å². The first kappa shape index (κ1) is 20.1. The van der Waals surface area contributed by atoms with E-state index in [4.69, 9.17) is 4.74 Å². The molecule has 1 aliphatic heterocycles. The molecule has 1 aromatic carbocycles. The molecule has 152 valence electrons. The molecule has 28 heavy (non-hydrogen) atoms. The molecule has 2 heterocycles. The lowest BCUT2D eigenvalue weighted by Crippen LogP contribution is -2.46. The van der Waals surface area contributed by atoms with Crippen LogP contribution in [0.15, 0.2) is 23.2 Å². The number of nitrogens with one attached hydrogen (secondary N) is 2. The van der Waals surface area contributed by atoms with E-state index in [2.05, 4.69) is 69.8 Å². The summed E-state index contributed by atoms with van der Waals surface area (Å²) in [5, 5.41) is 11.5. The predicted molar refractivity (Wildman–Crippen MR) is 112 cm³/mol. The van der Waals surface area contributed by atoms with Gasteiger partial charge < -0.3 is 20.3 Å². The number of methoxy groups -OCH3 is 1. The van der Waals surface area contributed by atoms with Crippen LogP contribution in [0.25, 0.3) is 0 Å². The van der Waals surface area contributed by atoms with Gasteiger partial charge in [0.2, 0.25) is 0 Å². The molecule has 3 rings (SSSR count). The van der Waals surface area contributed by atoms with Crippen molar-refractivity contribution in [1.82, 2.24) is 25.4 Å². The molecule has 1 aliphatic rings. The van der Waals surface area contributed by atoms with Gasteiger partial charge in [-0.2, -0.15) is 5.10 Å². The molecule has 0 bridgehead atoms. The van der Waals surface area contributed by atoms with Gasteiger partial charge in [-0.1, -0.05) is 12.1 Å². The molecule has 1 unspecified atom stereocenters. The van der Waals surface area contributed by atoms with Gasteiger partial charge in [0.15, 0.2) is 11.8 Å². The Morgan fingerprint density at radius 3 is 2.93 bits per heavy atom. The van der Waals surface area contributed by atoms with Gasteiger partial charge in [-0.05, 0) is 30.5 Å².